The Kier molecular flexibility index (Phi) is 5.11. The maximum atomic E-state index is 11.8. The van der Waals surface area contributed by atoms with Gasteiger partial charge in [0.15, 0.2) is 0 Å². The van der Waals surface area contributed by atoms with E-state index in [1.165, 1.54) is 5.56 Å². The van der Waals surface area contributed by atoms with Crippen LogP contribution in [0.2, 0.25) is 0 Å². The number of hydrogen-bond donors (Lipinski definition) is 1. The summed E-state index contributed by atoms with van der Waals surface area (Å²) in [6.45, 7) is 0.716. The molecule has 1 aromatic carbocycles. The van der Waals surface area contributed by atoms with Gasteiger partial charge in [-0.15, -0.1) is 0 Å². The number of nitrogens with zero attached hydrogens (tertiary/aromatic N) is 1. The normalized spacial score (nSPS) is 10.1. The molecule has 3 nitrogen and oxygen atoms in total. The first-order valence-electron chi connectivity index (χ1n) is 6.58. The first kappa shape index (κ1) is 13.3. The summed E-state index contributed by atoms with van der Waals surface area (Å²) >= 11 is 0. The van der Waals surface area contributed by atoms with Gasteiger partial charge in [0.05, 0.1) is 0 Å². The van der Waals surface area contributed by atoms with Crippen LogP contribution in [0.1, 0.15) is 28.8 Å². The molecule has 0 atom stereocenters. The van der Waals surface area contributed by atoms with Crippen LogP contribution in [0.4, 0.5) is 0 Å². The fourth-order valence-corrected chi connectivity index (χ4v) is 1.89. The first-order valence-corrected chi connectivity index (χ1v) is 6.58. The van der Waals surface area contributed by atoms with Crippen LogP contribution in [-0.4, -0.2) is 17.4 Å². The van der Waals surface area contributed by atoms with Crippen molar-refractivity contribution >= 4 is 5.91 Å². The molecule has 0 radical (unpaired) electrons. The smallest absolute Gasteiger partial charge is 0.251 e. The van der Waals surface area contributed by atoms with Crippen molar-refractivity contribution in [3.8, 4) is 0 Å². The van der Waals surface area contributed by atoms with Crippen molar-refractivity contribution in [2.24, 2.45) is 0 Å². The minimum atomic E-state index is 0.00183. The van der Waals surface area contributed by atoms with E-state index in [0.29, 0.717) is 6.54 Å². The number of benzene rings is 1. The van der Waals surface area contributed by atoms with Crippen LogP contribution >= 0.6 is 0 Å². The molecule has 1 aromatic heterocycles. The van der Waals surface area contributed by atoms with Crippen molar-refractivity contribution < 1.29 is 4.79 Å². The molecule has 0 bridgehead atoms. The zero-order valence-corrected chi connectivity index (χ0v) is 10.9. The number of rotatable bonds is 6. The average Bonchev–Trinajstić information content (AvgIpc) is 2.49. The lowest BCUT2D eigenvalue weighted by molar-refractivity contribution is 0.0953. The Hall–Kier alpha value is -2.16. The van der Waals surface area contributed by atoms with Crippen LogP contribution < -0.4 is 5.32 Å². The van der Waals surface area contributed by atoms with Gasteiger partial charge >= 0.3 is 0 Å². The summed E-state index contributed by atoms with van der Waals surface area (Å²) in [4.78, 5) is 15.8. The summed E-state index contributed by atoms with van der Waals surface area (Å²) < 4.78 is 0. The summed E-state index contributed by atoms with van der Waals surface area (Å²) in [5.41, 5.74) is 1.96. The van der Waals surface area contributed by atoms with Gasteiger partial charge in [0.1, 0.15) is 0 Å². The second kappa shape index (κ2) is 7.31. The highest BCUT2D eigenvalue weighted by atomic mass is 16.1. The van der Waals surface area contributed by atoms with E-state index >= 15 is 0 Å². The third-order valence-corrected chi connectivity index (χ3v) is 2.94. The van der Waals surface area contributed by atoms with Gasteiger partial charge in [0.2, 0.25) is 0 Å². The zero-order chi connectivity index (χ0) is 13.3. The lowest BCUT2D eigenvalue weighted by Crippen LogP contribution is -2.24. The van der Waals surface area contributed by atoms with Crippen molar-refractivity contribution in [2.75, 3.05) is 6.54 Å². The van der Waals surface area contributed by atoms with Crippen LogP contribution in [0, 0.1) is 0 Å². The second-order valence-electron chi connectivity index (χ2n) is 4.44. The number of carbonyl (C=O) groups excluding carboxylic acids is 1. The lowest BCUT2D eigenvalue weighted by Gasteiger charge is -2.05. The maximum absolute atomic E-state index is 11.8. The number of pyridine rings is 1. The molecular weight excluding hydrogens is 236 g/mol. The SMILES string of the molecule is O=C(NCCCCc1cccnc1)c1ccccc1. The average molecular weight is 254 g/mol. The Balaban J connectivity index is 1.63. The minimum absolute atomic E-state index is 0.00183. The number of aromatic nitrogens is 1. The maximum Gasteiger partial charge on any atom is 0.251 e. The van der Waals surface area contributed by atoms with Crippen LogP contribution in [0.3, 0.4) is 0 Å². The van der Waals surface area contributed by atoms with Gasteiger partial charge in [-0.05, 0) is 43.0 Å². The van der Waals surface area contributed by atoms with Crippen molar-refractivity contribution in [1.29, 1.82) is 0 Å². The van der Waals surface area contributed by atoms with Crippen molar-refractivity contribution in [2.45, 2.75) is 19.3 Å². The predicted octanol–water partition coefficient (Wildman–Crippen LogP) is 2.83. The van der Waals surface area contributed by atoms with Gasteiger partial charge < -0.3 is 5.32 Å². The van der Waals surface area contributed by atoms with E-state index in [1.54, 1.807) is 6.20 Å². The Morgan fingerprint density at radius 3 is 2.63 bits per heavy atom. The highest BCUT2D eigenvalue weighted by Crippen LogP contribution is 2.03. The highest BCUT2D eigenvalue weighted by Gasteiger charge is 2.02. The molecule has 3 heteroatoms. The molecule has 1 heterocycles. The van der Waals surface area contributed by atoms with E-state index in [2.05, 4.69) is 16.4 Å². The van der Waals surface area contributed by atoms with Crippen molar-refractivity contribution in [1.82, 2.24) is 10.3 Å². The first-order chi connectivity index (χ1) is 9.36. The monoisotopic (exact) mass is 254 g/mol. The molecule has 1 amide bonds. The summed E-state index contributed by atoms with van der Waals surface area (Å²) in [7, 11) is 0. The van der Waals surface area contributed by atoms with Crippen LogP contribution in [0.25, 0.3) is 0 Å². The van der Waals surface area contributed by atoms with Gasteiger partial charge in [-0.25, -0.2) is 0 Å². The van der Waals surface area contributed by atoms with Crippen LogP contribution in [-0.2, 0) is 6.42 Å². The molecule has 0 aliphatic rings. The topological polar surface area (TPSA) is 42.0 Å². The van der Waals surface area contributed by atoms with E-state index in [-0.39, 0.29) is 5.91 Å². The van der Waals surface area contributed by atoms with Gasteiger partial charge in [-0.1, -0.05) is 24.3 Å². The quantitative estimate of drug-likeness (QED) is 0.805. The molecule has 0 aliphatic heterocycles. The van der Waals surface area contributed by atoms with Gasteiger partial charge in [-0.2, -0.15) is 0 Å². The molecule has 2 aromatic rings. The molecule has 19 heavy (non-hydrogen) atoms. The van der Waals surface area contributed by atoms with Crippen molar-refractivity contribution in [3.05, 3.63) is 66.0 Å². The number of aryl methyl sites for hydroxylation is 1. The number of carbonyl (C=O) groups is 1. The van der Waals surface area contributed by atoms with Crippen molar-refractivity contribution in [3.63, 3.8) is 0 Å². The number of hydrogen-bond acceptors (Lipinski definition) is 2. The summed E-state index contributed by atoms with van der Waals surface area (Å²) in [5.74, 6) is 0.00183. The Morgan fingerprint density at radius 2 is 1.89 bits per heavy atom. The van der Waals surface area contributed by atoms with E-state index in [4.69, 9.17) is 0 Å². The molecular formula is C16H18N2O. The molecule has 98 valence electrons. The predicted molar refractivity (Wildman–Crippen MR) is 76.0 cm³/mol. The van der Waals surface area contributed by atoms with E-state index in [1.807, 2.05) is 42.6 Å². The van der Waals surface area contributed by atoms with E-state index < -0.39 is 0 Å². The molecule has 0 spiro atoms. The third-order valence-electron chi connectivity index (χ3n) is 2.94. The Labute approximate surface area is 113 Å². The van der Waals surface area contributed by atoms with Gasteiger partial charge in [0.25, 0.3) is 5.91 Å². The minimum Gasteiger partial charge on any atom is -0.352 e. The Morgan fingerprint density at radius 1 is 1.05 bits per heavy atom. The fourth-order valence-electron chi connectivity index (χ4n) is 1.89. The standard InChI is InChI=1S/C16H18N2O/c19-16(15-9-2-1-3-10-15)18-12-5-4-7-14-8-6-11-17-13-14/h1-3,6,8-11,13H,4-5,7,12H2,(H,18,19). The third kappa shape index (κ3) is 4.54. The lowest BCUT2D eigenvalue weighted by atomic mass is 10.1. The van der Waals surface area contributed by atoms with Crippen LogP contribution in [0.15, 0.2) is 54.9 Å². The summed E-state index contributed by atoms with van der Waals surface area (Å²) in [5, 5.41) is 2.93. The molecule has 0 unspecified atom stereocenters. The van der Waals surface area contributed by atoms with E-state index in [0.717, 1.165) is 24.8 Å². The summed E-state index contributed by atoms with van der Waals surface area (Å²) in [6.07, 6.45) is 6.72. The summed E-state index contributed by atoms with van der Waals surface area (Å²) in [6, 6.07) is 13.3. The Bertz CT molecular complexity index is 497. The number of amides is 1. The van der Waals surface area contributed by atoms with Gasteiger partial charge in [-0.3, -0.25) is 9.78 Å². The largest absolute Gasteiger partial charge is 0.352 e. The van der Waals surface area contributed by atoms with Gasteiger partial charge in [0, 0.05) is 24.5 Å². The number of nitrogens with one attached hydrogen (secondary N) is 1. The molecule has 0 saturated carbocycles. The molecule has 0 saturated heterocycles. The fraction of sp³-hybridized carbons (Fsp3) is 0.250. The highest BCUT2D eigenvalue weighted by molar-refractivity contribution is 5.94. The molecule has 0 aliphatic carbocycles. The molecule has 0 fully saturated rings. The zero-order valence-electron chi connectivity index (χ0n) is 10.9. The molecule has 1 N–H and O–H groups in total. The molecule has 2 rings (SSSR count). The number of unbranched alkanes of at least 4 members (excludes halogenated alkanes) is 1. The van der Waals surface area contributed by atoms with Crippen LogP contribution in [0.5, 0.6) is 0 Å². The second-order valence-corrected chi connectivity index (χ2v) is 4.44. The van der Waals surface area contributed by atoms with E-state index in [9.17, 15) is 4.79 Å².